The first-order chi connectivity index (χ1) is 30.0. The highest BCUT2D eigenvalue weighted by atomic mass is 15.3. The molecule has 0 aliphatic carbocycles. The van der Waals surface area contributed by atoms with Gasteiger partial charge in [-0.15, -0.1) is 0 Å². The Morgan fingerprint density at radius 2 is 1.07 bits per heavy atom. The molecule has 11 rings (SSSR count). The first-order valence-electron chi connectivity index (χ1n) is 20.8. The van der Waals surface area contributed by atoms with Crippen LogP contribution in [0.3, 0.4) is 0 Å². The number of fused-ring (bicyclic) bond motifs is 3. The molecule has 6 nitrogen and oxygen atoms in total. The lowest BCUT2D eigenvalue weighted by Gasteiger charge is -2.25. The lowest BCUT2D eigenvalue weighted by Crippen LogP contribution is -2.33. The van der Waals surface area contributed by atoms with Crippen molar-refractivity contribution in [3.63, 3.8) is 0 Å². The quantitative estimate of drug-likeness (QED) is 0.141. The highest BCUT2D eigenvalue weighted by molar-refractivity contribution is 6.18. The van der Waals surface area contributed by atoms with Crippen LogP contribution < -0.4 is 21.3 Å². The van der Waals surface area contributed by atoms with Crippen molar-refractivity contribution in [3.05, 3.63) is 217 Å². The zero-order chi connectivity index (χ0) is 40.9. The number of amidine groups is 2. The van der Waals surface area contributed by atoms with E-state index in [0.29, 0.717) is 11.5 Å². The van der Waals surface area contributed by atoms with Gasteiger partial charge in [0.25, 0.3) is 0 Å². The van der Waals surface area contributed by atoms with E-state index in [-0.39, 0.29) is 12.3 Å². The number of nitrogens with two attached hydrogens (primary N) is 1. The summed E-state index contributed by atoms with van der Waals surface area (Å²) < 4.78 is 0. The van der Waals surface area contributed by atoms with Gasteiger partial charge in [0, 0.05) is 28.1 Å². The molecule has 4 N–H and O–H groups in total. The minimum Gasteiger partial charge on any atom is -0.399 e. The largest absolute Gasteiger partial charge is 0.399 e. The van der Waals surface area contributed by atoms with Crippen molar-refractivity contribution < 1.29 is 0 Å². The molecule has 9 aromatic carbocycles. The van der Waals surface area contributed by atoms with Gasteiger partial charge in [0.15, 0.2) is 5.84 Å². The summed E-state index contributed by atoms with van der Waals surface area (Å²) in [5.74, 6) is 1.46. The van der Waals surface area contributed by atoms with E-state index in [1.807, 2.05) is 0 Å². The Morgan fingerprint density at radius 1 is 0.492 bits per heavy atom. The lowest BCUT2D eigenvalue weighted by molar-refractivity contribution is 0.680. The third kappa shape index (κ3) is 6.74. The van der Waals surface area contributed by atoms with Gasteiger partial charge >= 0.3 is 0 Å². The van der Waals surface area contributed by atoms with Crippen LogP contribution in [0.25, 0.3) is 54.9 Å². The second kappa shape index (κ2) is 15.0. The van der Waals surface area contributed by atoms with Crippen LogP contribution in [-0.4, -0.2) is 17.8 Å². The van der Waals surface area contributed by atoms with E-state index in [0.717, 1.165) is 83.4 Å². The van der Waals surface area contributed by atoms with Gasteiger partial charge in [0.1, 0.15) is 18.2 Å². The molecular weight excluding hydrogens is 745 g/mol. The molecule has 0 bridgehead atoms. The highest BCUT2D eigenvalue weighted by Gasteiger charge is 2.26. The van der Waals surface area contributed by atoms with Crippen molar-refractivity contribution in [2.45, 2.75) is 19.3 Å². The number of benzene rings is 9. The van der Waals surface area contributed by atoms with Crippen molar-refractivity contribution in [2.75, 3.05) is 16.0 Å². The summed E-state index contributed by atoms with van der Waals surface area (Å²) in [6, 6.07) is 70.5. The second-order valence-corrected chi connectivity index (χ2v) is 15.8. The second-order valence-electron chi connectivity index (χ2n) is 15.8. The standard InChI is InChI=1S/C55H42N6/c1-35-57-51-24-6-7-25-52(51)61(35)46-28-26-36(27-29-46)39-16-8-17-40(30-39)43-32-44(34-45(56)33-43)41-18-9-19-42(31-41)53-58-54(49-22-10-14-37-12-2-4-20-47(37)49)60-55(59-53)50-23-11-15-38-13-3-5-21-48(38)50/h2-35,54,57H,56H2,1H3,(H,58,59,60). The van der Waals surface area contributed by atoms with E-state index in [1.54, 1.807) is 0 Å². The Balaban J connectivity index is 0.930. The van der Waals surface area contributed by atoms with E-state index in [4.69, 9.17) is 15.7 Å². The Bertz CT molecular complexity index is 3190. The Labute approximate surface area is 355 Å². The fourth-order valence-corrected chi connectivity index (χ4v) is 8.98. The molecule has 0 amide bonds. The smallest absolute Gasteiger partial charge is 0.160 e. The minimum atomic E-state index is -0.351. The van der Waals surface area contributed by atoms with E-state index < -0.39 is 0 Å². The molecule has 0 fully saturated rings. The van der Waals surface area contributed by atoms with Crippen LogP contribution in [0.4, 0.5) is 22.7 Å². The van der Waals surface area contributed by atoms with Crippen LogP contribution in [-0.2, 0) is 0 Å². The maximum atomic E-state index is 6.68. The van der Waals surface area contributed by atoms with Gasteiger partial charge in [-0.05, 0) is 116 Å². The SMILES string of the molecule is CC1Nc2ccccc2N1c1ccc(-c2cccc(-c3cc(N)cc(-c4cccc(C5=NC(c6cccc7ccccc67)=NC(c6cccc7ccccc67)N5)c4)c3)c2)cc1. The van der Waals surface area contributed by atoms with Crippen molar-refractivity contribution >= 4 is 56.0 Å². The highest BCUT2D eigenvalue weighted by Crippen LogP contribution is 2.41. The number of anilines is 4. The molecule has 61 heavy (non-hydrogen) atoms. The zero-order valence-corrected chi connectivity index (χ0v) is 33.6. The van der Waals surface area contributed by atoms with Gasteiger partial charge in [0.05, 0.1) is 11.4 Å². The van der Waals surface area contributed by atoms with Crippen LogP contribution in [0.15, 0.2) is 210 Å². The number of aliphatic imine (C=N–C) groups is 2. The van der Waals surface area contributed by atoms with E-state index in [9.17, 15) is 0 Å². The maximum absolute atomic E-state index is 6.68. The minimum absolute atomic E-state index is 0.172. The van der Waals surface area contributed by atoms with Gasteiger partial charge < -0.3 is 21.3 Å². The molecule has 0 radical (unpaired) electrons. The van der Waals surface area contributed by atoms with Gasteiger partial charge in [-0.25, -0.2) is 9.98 Å². The Kier molecular flexibility index (Phi) is 8.89. The number of nitrogens with zero attached hydrogens (tertiary/aromatic N) is 3. The maximum Gasteiger partial charge on any atom is 0.160 e. The summed E-state index contributed by atoms with van der Waals surface area (Å²) in [7, 11) is 0. The number of hydrogen-bond acceptors (Lipinski definition) is 6. The van der Waals surface area contributed by atoms with Crippen molar-refractivity contribution in [1.29, 1.82) is 0 Å². The summed E-state index contributed by atoms with van der Waals surface area (Å²) in [5, 5.41) is 11.9. The predicted octanol–water partition coefficient (Wildman–Crippen LogP) is 13.0. The van der Waals surface area contributed by atoms with Crippen molar-refractivity contribution in [2.24, 2.45) is 9.98 Å². The average molecular weight is 787 g/mol. The normalized spacial score (nSPS) is 15.8. The fraction of sp³-hybridized carbons (Fsp3) is 0.0545. The average Bonchev–Trinajstić information content (AvgIpc) is 3.66. The number of nitrogen functional groups attached to an aromatic ring is 1. The third-order valence-corrected chi connectivity index (χ3v) is 11.9. The summed E-state index contributed by atoms with van der Waals surface area (Å²) in [5.41, 5.74) is 20.5. The van der Waals surface area contributed by atoms with Crippen LogP contribution in [0.1, 0.15) is 29.8 Å². The molecular formula is C55H42N6. The Morgan fingerprint density at radius 3 is 1.84 bits per heavy atom. The number of nitrogens with one attached hydrogen (secondary N) is 2. The van der Waals surface area contributed by atoms with Crippen LogP contribution in [0.5, 0.6) is 0 Å². The van der Waals surface area contributed by atoms with Gasteiger partial charge in [0.2, 0.25) is 0 Å². The van der Waals surface area contributed by atoms with E-state index in [1.165, 1.54) is 11.1 Å². The Hall–Kier alpha value is -7.96. The summed E-state index contributed by atoms with van der Waals surface area (Å²) in [6.07, 6.45) is -0.179. The van der Waals surface area contributed by atoms with Crippen molar-refractivity contribution in [1.82, 2.24) is 5.32 Å². The molecule has 2 aliphatic rings. The van der Waals surface area contributed by atoms with Crippen molar-refractivity contribution in [3.8, 4) is 33.4 Å². The number of hydrogen-bond donors (Lipinski definition) is 3. The summed E-state index contributed by atoms with van der Waals surface area (Å²) >= 11 is 0. The molecule has 2 aliphatic heterocycles. The molecule has 2 unspecified atom stereocenters. The lowest BCUT2D eigenvalue weighted by atomic mass is 9.94. The van der Waals surface area contributed by atoms with Crippen LogP contribution in [0, 0.1) is 0 Å². The molecule has 0 aromatic heterocycles. The summed E-state index contributed by atoms with van der Waals surface area (Å²) in [4.78, 5) is 12.9. The zero-order valence-electron chi connectivity index (χ0n) is 33.6. The molecule has 2 atom stereocenters. The molecule has 2 heterocycles. The first-order valence-corrected chi connectivity index (χ1v) is 20.8. The third-order valence-electron chi connectivity index (χ3n) is 11.9. The molecule has 0 saturated carbocycles. The van der Waals surface area contributed by atoms with Crippen LogP contribution in [0.2, 0.25) is 0 Å². The predicted molar refractivity (Wildman–Crippen MR) is 256 cm³/mol. The van der Waals surface area contributed by atoms with Gasteiger partial charge in [-0.2, -0.15) is 0 Å². The van der Waals surface area contributed by atoms with Gasteiger partial charge in [-0.1, -0.05) is 146 Å². The molecule has 0 spiro atoms. The monoisotopic (exact) mass is 786 g/mol. The topological polar surface area (TPSA) is 78.0 Å². The first kappa shape index (κ1) is 36.1. The molecule has 292 valence electrons. The number of rotatable bonds is 7. The van der Waals surface area contributed by atoms with Crippen LogP contribution >= 0.6 is 0 Å². The fourth-order valence-electron chi connectivity index (χ4n) is 8.98. The summed E-state index contributed by atoms with van der Waals surface area (Å²) in [6.45, 7) is 2.19. The molecule has 6 heteroatoms. The number of para-hydroxylation sites is 2. The van der Waals surface area contributed by atoms with E-state index >= 15 is 0 Å². The molecule has 0 saturated heterocycles. The molecule has 9 aromatic rings. The van der Waals surface area contributed by atoms with E-state index in [2.05, 4.69) is 223 Å². The van der Waals surface area contributed by atoms with Gasteiger partial charge in [-0.3, -0.25) is 0 Å².